The Hall–Kier alpha value is -0.480. The summed E-state index contributed by atoms with van der Waals surface area (Å²) in [5.41, 5.74) is 3.97. The van der Waals surface area contributed by atoms with Crippen molar-refractivity contribution in [1.29, 1.82) is 0 Å². The molecule has 0 aliphatic carbocycles. The average molecular weight is 436 g/mol. The summed E-state index contributed by atoms with van der Waals surface area (Å²) in [5, 5.41) is 0. The molecule has 28 heavy (non-hydrogen) atoms. The molecule has 0 spiro atoms. The van der Waals surface area contributed by atoms with Gasteiger partial charge < -0.3 is 19.0 Å². The van der Waals surface area contributed by atoms with Gasteiger partial charge in [0.05, 0.1) is 19.8 Å². The number of hydrogen-bond acceptors (Lipinski definition) is 4. The van der Waals surface area contributed by atoms with Crippen LogP contribution >= 0.6 is 15.0 Å². The van der Waals surface area contributed by atoms with E-state index in [1.165, 1.54) is 16.7 Å². The van der Waals surface area contributed by atoms with Crippen molar-refractivity contribution >= 4 is 15.0 Å². The van der Waals surface area contributed by atoms with E-state index in [1.54, 1.807) is 6.92 Å². The van der Waals surface area contributed by atoms with Gasteiger partial charge in [0.15, 0.2) is 0 Å². The van der Waals surface area contributed by atoms with Crippen LogP contribution in [0, 0.1) is 0 Å². The van der Waals surface area contributed by atoms with Crippen LogP contribution in [0.25, 0.3) is 0 Å². The van der Waals surface area contributed by atoms with Gasteiger partial charge in [-0.1, -0.05) is 34.9 Å². The first-order valence-electron chi connectivity index (χ1n) is 9.77. The summed E-state index contributed by atoms with van der Waals surface area (Å²) in [7, 11) is -7.76. The fourth-order valence-corrected chi connectivity index (χ4v) is 6.66. The van der Waals surface area contributed by atoms with Gasteiger partial charge in [0.2, 0.25) is 7.37 Å². The third kappa shape index (κ3) is 16.5. The molecule has 0 aromatic heterocycles. The van der Waals surface area contributed by atoms with Crippen LogP contribution in [-0.2, 0) is 18.4 Å². The highest BCUT2D eigenvalue weighted by Crippen LogP contribution is 2.57. The first-order valence-corrected chi connectivity index (χ1v) is 13.6. The molecule has 0 radical (unpaired) electrons. The van der Waals surface area contributed by atoms with Crippen LogP contribution in [0.4, 0.5) is 0 Å². The zero-order chi connectivity index (χ0) is 21.6. The quantitative estimate of drug-likeness (QED) is 0.189. The van der Waals surface area contributed by atoms with Crippen molar-refractivity contribution in [1.82, 2.24) is 0 Å². The summed E-state index contributed by atoms with van der Waals surface area (Å²) in [4.78, 5) is 18.1. The Morgan fingerprint density at radius 2 is 1.50 bits per heavy atom. The Kier molecular flexibility index (Phi) is 14.2. The molecule has 8 heteroatoms. The maximum Gasteiger partial charge on any atom is 0.335 e. The molecule has 0 aliphatic rings. The lowest BCUT2D eigenvalue weighted by Crippen LogP contribution is -2.07. The van der Waals surface area contributed by atoms with Crippen molar-refractivity contribution < 1.29 is 28.2 Å². The highest BCUT2D eigenvalue weighted by molar-refractivity contribution is 7.73. The third-order valence-corrected chi connectivity index (χ3v) is 8.80. The number of allylic oxidation sites excluding steroid dienone is 5. The van der Waals surface area contributed by atoms with Gasteiger partial charge in [-0.2, -0.15) is 0 Å². The van der Waals surface area contributed by atoms with E-state index in [0.29, 0.717) is 6.61 Å². The lowest BCUT2D eigenvalue weighted by molar-refractivity contribution is 0.175. The summed E-state index contributed by atoms with van der Waals surface area (Å²) in [6.07, 6.45) is 10.6. The summed E-state index contributed by atoms with van der Waals surface area (Å²) in [5.74, 6) is -0.731. The van der Waals surface area contributed by atoms with Crippen molar-refractivity contribution in [3.63, 3.8) is 0 Å². The van der Waals surface area contributed by atoms with Gasteiger partial charge in [0.1, 0.15) is 5.90 Å². The molecular formula is C20H38O6P2. The second-order valence-corrected chi connectivity index (χ2v) is 12.1. The normalized spacial score (nSPS) is 15.4. The first kappa shape index (κ1) is 27.5. The molecule has 0 rings (SSSR count). The van der Waals surface area contributed by atoms with Crippen LogP contribution in [0.5, 0.6) is 0 Å². The maximum absolute atomic E-state index is 12.4. The molecule has 0 saturated carbocycles. The summed E-state index contributed by atoms with van der Waals surface area (Å²) in [6, 6.07) is 0. The summed E-state index contributed by atoms with van der Waals surface area (Å²) < 4.78 is 34.1. The Morgan fingerprint density at radius 3 is 2.04 bits per heavy atom. The van der Waals surface area contributed by atoms with Gasteiger partial charge in [-0.3, -0.25) is 9.13 Å². The zero-order valence-electron chi connectivity index (χ0n) is 18.0. The molecule has 0 aromatic rings. The second kappa shape index (κ2) is 14.5. The summed E-state index contributed by atoms with van der Waals surface area (Å²) in [6.45, 7) is 10.8. The highest BCUT2D eigenvalue weighted by Gasteiger charge is 2.32. The van der Waals surface area contributed by atoms with Crippen molar-refractivity contribution in [3.8, 4) is 0 Å². The van der Waals surface area contributed by atoms with Crippen LogP contribution in [0.15, 0.2) is 34.9 Å². The van der Waals surface area contributed by atoms with Gasteiger partial charge >= 0.3 is 7.60 Å². The summed E-state index contributed by atoms with van der Waals surface area (Å²) >= 11 is 0. The SMILES string of the molecule is CCOP(=O)(CCOC/C=C(\C)CC/C=C(\C)CCC=C(C)C)CP(=O)(O)O. The predicted molar refractivity (Wildman–Crippen MR) is 117 cm³/mol. The molecule has 164 valence electrons. The molecule has 0 saturated heterocycles. The van der Waals surface area contributed by atoms with Gasteiger partial charge in [0.25, 0.3) is 0 Å². The number of hydrogen-bond donors (Lipinski definition) is 2. The van der Waals surface area contributed by atoms with E-state index in [0.717, 1.165) is 25.7 Å². The van der Waals surface area contributed by atoms with Gasteiger partial charge in [-0.15, -0.1) is 0 Å². The molecule has 1 atom stereocenters. The van der Waals surface area contributed by atoms with Gasteiger partial charge in [0, 0.05) is 6.16 Å². The number of ether oxygens (including phenoxy) is 1. The fourth-order valence-electron chi connectivity index (χ4n) is 2.52. The molecule has 0 heterocycles. The molecule has 0 fully saturated rings. The Balaban J connectivity index is 4.19. The van der Waals surface area contributed by atoms with Crippen LogP contribution in [-0.4, -0.2) is 41.7 Å². The molecule has 2 N–H and O–H groups in total. The molecule has 1 unspecified atom stereocenters. The van der Waals surface area contributed by atoms with Crippen LogP contribution in [0.2, 0.25) is 0 Å². The highest BCUT2D eigenvalue weighted by atomic mass is 31.2. The zero-order valence-corrected chi connectivity index (χ0v) is 19.8. The van der Waals surface area contributed by atoms with Gasteiger partial charge in [-0.25, -0.2) is 0 Å². The fraction of sp³-hybridized carbons (Fsp3) is 0.700. The monoisotopic (exact) mass is 436 g/mol. The van der Waals surface area contributed by atoms with Crippen molar-refractivity contribution in [2.24, 2.45) is 0 Å². The van der Waals surface area contributed by atoms with E-state index < -0.39 is 20.9 Å². The number of rotatable bonds is 15. The van der Waals surface area contributed by atoms with Crippen molar-refractivity contribution in [2.45, 2.75) is 60.3 Å². The molecule has 0 bridgehead atoms. The molecule has 0 aromatic carbocycles. The van der Waals surface area contributed by atoms with E-state index in [4.69, 9.17) is 19.0 Å². The lowest BCUT2D eigenvalue weighted by Gasteiger charge is -2.18. The van der Waals surface area contributed by atoms with E-state index in [9.17, 15) is 9.13 Å². The smallest absolute Gasteiger partial charge is 0.335 e. The Morgan fingerprint density at radius 1 is 0.929 bits per heavy atom. The van der Waals surface area contributed by atoms with E-state index >= 15 is 0 Å². The second-order valence-electron chi connectivity index (χ2n) is 7.30. The minimum Gasteiger partial charge on any atom is -0.377 e. The first-order chi connectivity index (χ1) is 13.0. The minimum absolute atomic E-state index is 0.00640. The molecule has 0 amide bonds. The van der Waals surface area contributed by atoms with Crippen molar-refractivity contribution in [2.75, 3.05) is 31.9 Å². The average Bonchev–Trinajstić information content (AvgIpc) is 2.52. The lowest BCUT2D eigenvalue weighted by atomic mass is 10.1. The van der Waals surface area contributed by atoms with E-state index in [2.05, 4.69) is 39.8 Å². The Labute approximate surface area is 170 Å². The maximum atomic E-state index is 12.4. The van der Waals surface area contributed by atoms with E-state index in [1.807, 2.05) is 6.08 Å². The molecule has 0 aliphatic heterocycles. The minimum atomic E-state index is -4.39. The van der Waals surface area contributed by atoms with Crippen LogP contribution in [0.1, 0.15) is 60.3 Å². The topological polar surface area (TPSA) is 93.1 Å². The van der Waals surface area contributed by atoms with E-state index in [-0.39, 0.29) is 19.4 Å². The third-order valence-electron chi connectivity index (χ3n) is 4.01. The largest absolute Gasteiger partial charge is 0.377 e. The van der Waals surface area contributed by atoms with Gasteiger partial charge in [-0.05, 0) is 60.3 Å². The standard InChI is InChI=1S/C20H38O6P2/c1-6-26-27(21,17-28(22,23)24)16-15-25-14-13-20(5)12-8-11-19(4)10-7-9-18(2)3/h9,11,13H,6-8,10,12,14-17H2,1-5H3,(H2,22,23,24)/b19-11+,20-13+. The van der Waals surface area contributed by atoms with Crippen LogP contribution < -0.4 is 0 Å². The Bertz CT molecular complexity index is 627. The predicted octanol–water partition coefficient (Wildman–Crippen LogP) is 5.87. The van der Waals surface area contributed by atoms with Crippen molar-refractivity contribution in [3.05, 3.63) is 34.9 Å². The molecular weight excluding hydrogens is 398 g/mol. The molecule has 6 nitrogen and oxygen atoms in total. The van der Waals surface area contributed by atoms with Crippen LogP contribution in [0.3, 0.4) is 0 Å².